The summed E-state index contributed by atoms with van der Waals surface area (Å²) in [6, 6.07) is 17.2. The molecule has 3 aromatic rings. The largest absolute Gasteiger partial charge is 0.296 e. The van der Waals surface area contributed by atoms with Crippen LogP contribution in [0, 0.1) is 5.41 Å². The molecule has 0 atom stereocenters. The quantitative estimate of drug-likeness (QED) is 0.555. The highest BCUT2D eigenvalue weighted by molar-refractivity contribution is 5.75. The predicted octanol–water partition coefficient (Wildman–Crippen LogP) is 5.49. The van der Waals surface area contributed by atoms with Gasteiger partial charge >= 0.3 is 0 Å². The van der Waals surface area contributed by atoms with Crippen molar-refractivity contribution in [2.75, 3.05) is 0 Å². The van der Waals surface area contributed by atoms with Crippen LogP contribution < -0.4 is 0 Å². The highest BCUT2D eigenvalue weighted by Gasteiger charge is 2.30. The summed E-state index contributed by atoms with van der Waals surface area (Å²) in [5, 5.41) is 4.78. The molecule has 0 spiro atoms. The summed E-state index contributed by atoms with van der Waals surface area (Å²) in [6.45, 7) is 7.37. The van der Waals surface area contributed by atoms with Crippen molar-refractivity contribution in [1.29, 1.82) is 0 Å². The second-order valence-electron chi connectivity index (χ2n) is 8.63. The van der Waals surface area contributed by atoms with Gasteiger partial charge in [0, 0.05) is 5.56 Å². The fourth-order valence-electron chi connectivity index (χ4n) is 4.31. The van der Waals surface area contributed by atoms with Crippen LogP contribution in [-0.4, -0.2) is 16.1 Å². The van der Waals surface area contributed by atoms with Crippen LogP contribution in [0.2, 0.25) is 0 Å². The summed E-state index contributed by atoms with van der Waals surface area (Å²) < 4.78 is 1.90. The molecule has 2 aromatic carbocycles. The first-order valence-electron chi connectivity index (χ1n) is 10.2. The summed E-state index contributed by atoms with van der Waals surface area (Å²) >= 11 is 0. The highest BCUT2D eigenvalue weighted by Crippen LogP contribution is 2.35. The van der Waals surface area contributed by atoms with Gasteiger partial charge in [0.2, 0.25) is 0 Å². The average Bonchev–Trinajstić information content (AvgIpc) is 3.03. The van der Waals surface area contributed by atoms with Gasteiger partial charge in [-0.3, -0.25) is 9.48 Å². The van der Waals surface area contributed by atoms with Gasteiger partial charge in [0.05, 0.1) is 12.2 Å². The van der Waals surface area contributed by atoms with Crippen LogP contribution in [0.5, 0.6) is 0 Å². The lowest BCUT2D eigenvalue weighted by atomic mass is 9.76. The number of hydrogen-bond acceptors (Lipinski definition) is 2. The fourth-order valence-corrected chi connectivity index (χ4v) is 4.31. The number of hydrogen-bond donors (Lipinski definition) is 0. The minimum absolute atomic E-state index is 0.243. The number of rotatable bonds is 5. The van der Waals surface area contributed by atoms with Gasteiger partial charge in [-0.15, -0.1) is 0 Å². The second-order valence-corrected chi connectivity index (χ2v) is 8.63. The van der Waals surface area contributed by atoms with Gasteiger partial charge in [0.25, 0.3) is 0 Å². The highest BCUT2D eigenvalue weighted by atomic mass is 16.1. The molecular weight excluding hydrogens is 344 g/mol. The molecule has 4 rings (SSSR count). The van der Waals surface area contributed by atoms with E-state index in [0.717, 1.165) is 48.9 Å². The SMILES string of the molecule is CCc1ccccc1-c1ccc(Cn2nc3c(c2C=O)CC(C)(C)CC3)cc1. The summed E-state index contributed by atoms with van der Waals surface area (Å²) in [5.74, 6) is 0. The molecular formula is C25H28N2O. The minimum atomic E-state index is 0.243. The van der Waals surface area contributed by atoms with E-state index in [1.54, 1.807) is 0 Å². The minimum Gasteiger partial charge on any atom is -0.296 e. The summed E-state index contributed by atoms with van der Waals surface area (Å²) in [5.41, 5.74) is 8.31. The molecule has 28 heavy (non-hydrogen) atoms. The van der Waals surface area contributed by atoms with Crippen LogP contribution >= 0.6 is 0 Å². The van der Waals surface area contributed by atoms with Gasteiger partial charge in [0.15, 0.2) is 6.29 Å². The average molecular weight is 373 g/mol. The van der Waals surface area contributed by atoms with Gasteiger partial charge in [-0.2, -0.15) is 5.10 Å². The van der Waals surface area contributed by atoms with Crippen molar-refractivity contribution in [3.8, 4) is 11.1 Å². The molecule has 0 amide bonds. The van der Waals surface area contributed by atoms with E-state index in [9.17, 15) is 4.79 Å². The second kappa shape index (κ2) is 7.38. The Kier molecular flexibility index (Phi) is 4.92. The number of carbonyl (C=O) groups is 1. The molecule has 0 radical (unpaired) electrons. The van der Waals surface area contributed by atoms with Crippen LogP contribution in [-0.2, 0) is 25.8 Å². The van der Waals surface area contributed by atoms with Gasteiger partial charge < -0.3 is 0 Å². The molecule has 1 aromatic heterocycles. The molecule has 0 saturated carbocycles. The number of fused-ring (bicyclic) bond motifs is 1. The standard InChI is InChI=1S/C25H28N2O/c1-4-19-7-5-6-8-21(19)20-11-9-18(10-12-20)16-27-24(17-28)22-15-25(2,3)14-13-23(22)26-27/h5-12,17H,4,13-16H2,1-3H3. The Balaban J connectivity index is 1.61. The molecule has 0 N–H and O–H groups in total. The topological polar surface area (TPSA) is 34.9 Å². The van der Waals surface area contributed by atoms with Crippen molar-refractivity contribution in [3.05, 3.63) is 76.6 Å². The number of carbonyl (C=O) groups excluding carboxylic acids is 1. The van der Waals surface area contributed by atoms with Crippen LogP contribution in [0.25, 0.3) is 11.1 Å². The maximum absolute atomic E-state index is 11.8. The zero-order valence-electron chi connectivity index (χ0n) is 17.0. The number of benzene rings is 2. The molecule has 0 fully saturated rings. The zero-order chi connectivity index (χ0) is 19.7. The molecule has 3 nitrogen and oxygen atoms in total. The maximum Gasteiger partial charge on any atom is 0.168 e. The Labute approximate surface area is 167 Å². The van der Waals surface area contributed by atoms with Crippen molar-refractivity contribution in [2.24, 2.45) is 5.41 Å². The lowest BCUT2D eigenvalue weighted by Crippen LogP contribution is -2.22. The van der Waals surface area contributed by atoms with Gasteiger partial charge in [-0.05, 0) is 53.4 Å². The van der Waals surface area contributed by atoms with Gasteiger partial charge in [-0.25, -0.2) is 0 Å². The third kappa shape index (κ3) is 3.54. The van der Waals surface area contributed by atoms with Gasteiger partial charge in [0.1, 0.15) is 5.69 Å². The summed E-state index contributed by atoms with van der Waals surface area (Å²) in [7, 11) is 0. The smallest absolute Gasteiger partial charge is 0.168 e. The molecule has 3 heteroatoms. The van der Waals surface area contributed by atoms with Crippen molar-refractivity contribution < 1.29 is 4.79 Å². The molecule has 144 valence electrons. The Morgan fingerprint density at radius 2 is 1.86 bits per heavy atom. The van der Waals surface area contributed by atoms with E-state index in [1.807, 2.05) is 4.68 Å². The molecule has 0 unspecified atom stereocenters. The van der Waals surface area contributed by atoms with E-state index in [1.165, 1.54) is 22.3 Å². The monoisotopic (exact) mass is 372 g/mol. The molecule has 1 aliphatic rings. The maximum atomic E-state index is 11.8. The first-order valence-corrected chi connectivity index (χ1v) is 10.2. The third-order valence-corrected chi connectivity index (χ3v) is 5.98. The Morgan fingerprint density at radius 3 is 2.57 bits per heavy atom. The van der Waals surface area contributed by atoms with E-state index in [-0.39, 0.29) is 5.41 Å². The van der Waals surface area contributed by atoms with Crippen molar-refractivity contribution >= 4 is 6.29 Å². The molecule has 0 bridgehead atoms. The lowest BCUT2D eigenvalue weighted by Gasteiger charge is -2.28. The number of aromatic nitrogens is 2. The van der Waals surface area contributed by atoms with E-state index in [4.69, 9.17) is 5.10 Å². The number of aldehydes is 1. The lowest BCUT2D eigenvalue weighted by molar-refractivity contribution is 0.111. The van der Waals surface area contributed by atoms with E-state index in [0.29, 0.717) is 6.54 Å². The predicted molar refractivity (Wildman–Crippen MR) is 114 cm³/mol. The number of nitrogens with zero attached hydrogens (tertiary/aromatic N) is 2. The Hall–Kier alpha value is -2.68. The van der Waals surface area contributed by atoms with Gasteiger partial charge in [-0.1, -0.05) is 69.3 Å². The molecule has 1 aliphatic carbocycles. The van der Waals surface area contributed by atoms with Crippen LogP contribution in [0.4, 0.5) is 0 Å². The van der Waals surface area contributed by atoms with Crippen molar-refractivity contribution in [3.63, 3.8) is 0 Å². The fraction of sp³-hybridized carbons (Fsp3) is 0.360. The first kappa shape index (κ1) is 18.7. The molecule has 0 aliphatic heterocycles. The normalized spacial score (nSPS) is 15.2. The molecule has 1 heterocycles. The van der Waals surface area contributed by atoms with Crippen LogP contribution in [0.15, 0.2) is 48.5 Å². The van der Waals surface area contributed by atoms with Crippen molar-refractivity contribution in [2.45, 2.75) is 53.0 Å². The Morgan fingerprint density at radius 1 is 1.11 bits per heavy atom. The summed E-state index contributed by atoms with van der Waals surface area (Å²) in [6.07, 6.45) is 5.03. The summed E-state index contributed by atoms with van der Waals surface area (Å²) in [4.78, 5) is 11.8. The zero-order valence-corrected chi connectivity index (χ0v) is 17.0. The van der Waals surface area contributed by atoms with Crippen LogP contribution in [0.3, 0.4) is 0 Å². The van der Waals surface area contributed by atoms with E-state index < -0.39 is 0 Å². The van der Waals surface area contributed by atoms with E-state index in [2.05, 4.69) is 69.3 Å². The molecule has 0 saturated heterocycles. The van der Waals surface area contributed by atoms with Crippen molar-refractivity contribution in [1.82, 2.24) is 9.78 Å². The first-order chi connectivity index (χ1) is 13.5. The third-order valence-electron chi connectivity index (χ3n) is 5.98. The Bertz CT molecular complexity index is 996. The van der Waals surface area contributed by atoms with Crippen LogP contribution in [0.1, 0.15) is 60.1 Å². The van der Waals surface area contributed by atoms with E-state index >= 15 is 0 Å². The number of aryl methyl sites for hydroxylation is 2.